The predicted molar refractivity (Wildman–Crippen MR) is 106 cm³/mol. The number of nitrogens with zero attached hydrogens (tertiary/aromatic N) is 2. The van der Waals surface area contributed by atoms with Crippen molar-refractivity contribution in [2.75, 3.05) is 26.4 Å². The molecule has 29 heavy (non-hydrogen) atoms. The summed E-state index contributed by atoms with van der Waals surface area (Å²) in [6.07, 6.45) is 2.04. The van der Waals surface area contributed by atoms with E-state index in [9.17, 15) is 19.8 Å². The first-order valence-corrected chi connectivity index (χ1v) is 9.49. The second-order valence-corrected chi connectivity index (χ2v) is 6.00. The van der Waals surface area contributed by atoms with Gasteiger partial charge in [0.1, 0.15) is 18.1 Å². The Kier molecular flexibility index (Phi) is 8.57. The van der Waals surface area contributed by atoms with Gasteiger partial charge in [-0.1, -0.05) is 19.9 Å². The minimum atomic E-state index is -0.389. The molecule has 1 atom stereocenters. The molecular weight excluding hydrogens is 376 g/mol. The molecule has 0 bridgehead atoms. The van der Waals surface area contributed by atoms with Gasteiger partial charge in [0.25, 0.3) is 5.91 Å². The molecule has 0 aliphatic carbocycles. The van der Waals surface area contributed by atoms with Crippen molar-refractivity contribution in [3.63, 3.8) is 0 Å². The van der Waals surface area contributed by atoms with E-state index in [1.54, 1.807) is 29.2 Å². The lowest BCUT2D eigenvalue weighted by molar-refractivity contribution is -0.0152. The van der Waals surface area contributed by atoms with Gasteiger partial charge in [-0.2, -0.15) is 0 Å². The zero-order valence-corrected chi connectivity index (χ0v) is 16.6. The highest BCUT2D eigenvalue weighted by Crippen LogP contribution is 2.26. The maximum absolute atomic E-state index is 12.9. The summed E-state index contributed by atoms with van der Waals surface area (Å²) in [5.41, 5.74) is 0.699. The summed E-state index contributed by atoms with van der Waals surface area (Å²) >= 11 is 0. The highest BCUT2D eigenvalue weighted by molar-refractivity contribution is 5.95. The summed E-state index contributed by atoms with van der Waals surface area (Å²) in [5, 5.41) is 19.2. The topological polar surface area (TPSA) is 109 Å². The first kappa shape index (κ1) is 22.3. The van der Waals surface area contributed by atoms with Crippen molar-refractivity contribution >= 4 is 12.2 Å². The molecule has 0 spiro atoms. The van der Waals surface area contributed by atoms with Gasteiger partial charge < -0.3 is 24.6 Å². The lowest BCUT2D eigenvalue weighted by atomic mass is 10.1. The molecule has 2 aromatic rings. The van der Waals surface area contributed by atoms with Crippen molar-refractivity contribution in [3.8, 4) is 11.5 Å². The van der Waals surface area contributed by atoms with Crippen LogP contribution in [0.2, 0.25) is 0 Å². The van der Waals surface area contributed by atoms with E-state index >= 15 is 0 Å². The highest BCUT2D eigenvalue weighted by atomic mass is 16.5. The van der Waals surface area contributed by atoms with Crippen molar-refractivity contribution in [1.29, 1.82) is 0 Å². The van der Waals surface area contributed by atoms with Gasteiger partial charge in [-0.05, 0) is 24.3 Å². The zero-order chi connectivity index (χ0) is 21.2. The van der Waals surface area contributed by atoms with E-state index in [2.05, 4.69) is 4.98 Å². The first-order chi connectivity index (χ1) is 14.2. The van der Waals surface area contributed by atoms with Crippen LogP contribution in [0.1, 0.15) is 40.3 Å². The summed E-state index contributed by atoms with van der Waals surface area (Å²) < 4.78 is 11.2. The second-order valence-electron chi connectivity index (χ2n) is 6.00. The van der Waals surface area contributed by atoms with Crippen LogP contribution in [0, 0.1) is 0 Å². The molecule has 0 saturated carbocycles. The molecule has 156 valence electrons. The fourth-order valence-corrected chi connectivity index (χ4v) is 2.94. The molecule has 2 N–H and O–H groups in total. The number of carbonyl (C=O) groups is 2. The van der Waals surface area contributed by atoms with Crippen LogP contribution in [0.15, 0.2) is 36.5 Å². The largest absolute Gasteiger partial charge is 0.507 e. The Morgan fingerprint density at radius 1 is 1.34 bits per heavy atom. The van der Waals surface area contributed by atoms with Crippen molar-refractivity contribution in [3.05, 3.63) is 53.3 Å². The molecule has 3 rings (SSSR count). The van der Waals surface area contributed by atoms with E-state index in [1.807, 2.05) is 13.8 Å². The zero-order valence-electron chi connectivity index (χ0n) is 16.6. The third-order valence-electron chi connectivity index (χ3n) is 4.35. The molecule has 1 fully saturated rings. The van der Waals surface area contributed by atoms with Crippen LogP contribution in [0.4, 0.5) is 0 Å². The second kappa shape index (κ2) is 11.1. The van der Waals surface area contributed by atoms with Crippen LogP contribution in [0.25, 0.3) is 0 Å². The van der Waals surface area contributed by atoms with Gasteiger partial charge >= 0.3 is 0 Å². The Bertz CT molecular complexity index is 827. The number of phenolic OH excluding ortho intramolecular Hbond substituents is 1. The van der Waals surface area contributed by atoms with Crippen molar-refractivity contribution in [2.45, 2.75) is 26.5 Å². The van der Waals surface area contributed by atoms with Gasteiger partial charge in [-0.15, -0.1) is 0 Å². The average molecular weight is 402 g/mol. The molecule has 1 amide bonds. The van der Waals surface area contributed by atoms with Crippen LogP contribution < -0.4 is 4.74 Å². The monoisotopic (exact) mass is 402 g/mol. The number of hydrogen-bond donors (Lipinski definition) is 2. The molecule has 2 heterocycles. The molecule has 1 aliphatic heterocycles. The lowest BCUT2D eigenvalue weighted by Gasteiger charge is -2.35. The number of rotatable bonds is 6. The van der Waals surface area contributed by atoms with Gasteiger partial charge in [0, 0.05) is 12.7 Å². The average Bonchev–Trinajstić information content (AvgIpc) is 2.78. The Balaban J connectivity index is 0.00000145. The van der Waals surface area contributed by atoms with Gasteiger partial charge in [0.2, 0.25) is 0 Å². The molecule has 1 unspecified atom stereocenters. The Hall–Kier alpha value is -2.97. The molecule has 1 aromatic heterocycles. The number of phenols is 1. The number of amides is 1. The van der Waals surface area contributed by atoms with E-state index in [0.29, 0.717) is 30.7 Å². The number of aromatic hydroxyl groups is 1. The fraction of sp³-hybridized carbons (Fsp3) is 0.381. The van der Waals surface area contributed by atoms with Crippen LogP contribution in [-0.4, -0.2) is 64.7 Å². The number of ether oxygens (including phenoxy) is 2. The number of aldehydes is 1. The predicted octanol–water partition coefficient (Wildman–Crippen LogP) is 2.04. The van der Waals surface area contributed by atoms with Crippen molar-refractivity contribution in [1.82, 2.24) is 9.88 Å². The van der Waals surface area contributed by atoms with Gasteiger partial charge in [-0.25, -0.2) is 0 Å². The minimum Gasteiger partial charge on any atom is -0.507 e. The smallest absolute Gasteiger partial charge is 0.256 e. The summed E-state index contributed by atoms with van der Waals surface area (Å²) in [4.78, 5) is 29.8. The number of aliphatic hydroxyl groups excluding tert-OH is 1. The van der Waals surface area contributed by atoms with Crippen molar-refractivity contribution in [2.24, 2.45) is 0 Å². The summed E-state index contributed by atoms with van der Waals surface area (Å²) in [7, 11) is 0. The van der Waals surface area contributed by atoms with Gasteiger partial charge in [0.15, 0.2) is 6.29 Å². The number of hydrogen-bond acceptors (Lipinski definition) is 7. The van der Waals surface area contributed by atoms with E-state index < -0.39 is 0 Å². The van der Waals surface area contributed by atoms with Crippen LogP contribution in [0.3, 0.4) is 0 Å². The number of pyridine rings is 1. The third-order valence-corrected chi connectivity index (χ3v) is 4.35. The number of carbonyl (C=O) groups excluding carboxylic acids is 2. The Morgan fingerprint density at radius 2 is 2.14 bits per heavy atom. The van der Waals surface area contributed by atoms with E-state index in [1.165, 1.54) is 12.3 Å². The number of morpholine rings is 1. The van der Waals surface area contributed by atoms with E-state index in [-0.39, 0.29) is 48.8 Å². The SMILES string of the molecule is CC.O=Cc1c(O)cccc1OCC1COCCN1C(=O)c1cccnc1CO. The molecule has 8 nitrogen and oxygen atoms in total. The fourth-order valence-electron chi connectivity index (χ4n) is 2.94. The lowest BCUT2D eigenvalue weighted by Crippen LogP contribution is -2.51. The first-order valence-electron chi connectivity index (χ1n) is 9.49. The summed E-state index contributed by atoms with van der Waals surface area (Å²) in [5.74, 6) is -0.200. The summed E-state index contributed by atoms with van der Waals surface area (Å²) in [6.45, 7) is 4.79. The molecule has 0 radical (unpaired) electrons. The van der Waals surface area contributed by atoms with Crippen LogP contribution in [0.5, 0.6) is 11.5 Å². The standard InChI is InChI=1S/C19H20N2O6.C2H6/c22-9-15-17(24)4-1-5-18(15)27-12-13-11-26-8-7-21(13)19(25)14-3-2-6-20-16(14)10-23;1-2/h1-6,9,13,23-24H,7-8,10-12H2;1-2H3. The third kappa shape index (κ3) is 5.30. The maximum atomic E-state index is 12.9. The number of benzene rings is 1. The van der Waals surface area contributed by atoms with Gasteiger partial charge in [0.05, 0.1) is 42.7 Å². The van der Waals surface area contributed by atoms with Crippen molar-refractivity contribution < 1.29 is 29.3 Å². The van der Waals surface area contributed by atoms with Crippen LogP contribution in [-0.2, 0) is 11.3 Å². The normalized spacial score (nSPS) is 15.8. The molecule has 1 saturated heterocycles. The summed E-state index contributed by atoms with van der Waals surface area (Å²) in [6, 6.07) is 7.41. The van der Waals surface area contributed by atoms with Gasteiger partial charge in [-0.3, -0.25) is 14.6 Å². The van der Waals surface area contributed by atoms with E-state index in [0.717, 1.165) is 0 Å². The molecular formula is C21H26N2O6. The number of aliphatic hydroxyl groups is 1. The number of aromatic nitrogens is 1. The Labute approximate surface area is 169 Å². The Morgan fingerprint density at radius 3 is 2.86 bits per heavy atom. The molecule has 1 aliphatic rings. The van der Waals surface area contributed by atoms with Crippen LogP contribution >= 0.6 is 0 Å². The quantitative estimate of drug-likeness (QED) is 0.712. The highest BCUT2D eigenvalue weighted by Gasteiger charge is 2.30. The molecule has 1 aromatic carbocycles. The minimum absolute atomic E-state index is 0.0573. The maximum Gasteiger partial charge on any atom is 0.256 e. The van der Waals surface area contributed by atoms with E-state index in [4.69, 9.17) is 9.47 Å². The molecule has 8 heteroatoms.